The van der Waals surface area contributed by atoms with E-state index in [0.717, 1.165) is 19.5 Å². The van der Waals surface area contributed by atoms with E-state index in [9.17, 15) is 9.59 Å². The fraction of sp³-hybridized carbons (Fsp3) is 0.857. The van der Waals surface area contributed by atoms with E-state index in [1.165, 1.54) is 0 Å². The molecule has 0 bridgehead atoms. The van der Waals surface area contributed by atoms with Crippen LogP contribution in [0.15, 0.2) is 0 Å². The molecule has 0 spiro atoms. The first kappa shape index (κ1) is 16.8. The summed E-state index contributed by atoms with van der Waals surface area (Å²) >= 11 is 0. The van der Waals surface area contributed by atoms with Crippen molar-refractivity contribution < 1.29 is 19.4 Å². The van der Waals surface area contributed by atoms with Crippen molar-refractivity contribution in [2.24, 2.45) is 5.92 Å². The molecule has 1 rings (SSSR count). The van der Waals surface area contributed by atoms with Gasteiger partial charge in [-0.2, -0.15) is 0 Å². The third-order valence-electron chi connectivity index (χ3n) is 3.23. The number of likely N-dealkylation sites (tertiary alicyclic amines) is 1. The highest BCUT2D eigenvalue weighted by Gasteiger charge is 2.26. The molecule has 2 N–H and O–H groups in total. The zero-order chi connectivity index (χ0) is 15.3. The third-order valence-corrected chi connectivity index (χ3v) is 3.23. The minimum Gasteiger partial charge on any atom is -0.480 e. The standard InChI is InChI=1S/C14H26N2O4/c1-10-5-7-16(9-10)8-6-11(12(17)18)15-13(19)20-14(2,3)4/h10-11H,5-9H2,1-4H3,(H,15,19)(H,17,18). The summed E-state index contributed by atoms with van der Waals surface area (Å²) in [4.78, 5) is 25.0. The number of alkyl carbamates (subject to hydrolysis) is 1. The number of carboxylic acids is 1. The van der Waals surface area contributed by atoms with Gasteiger partial charge in [0.15, 0.2) is 0 Å². The van der Waals surface area contributed by atoms with E-state index >= 15 is 0 Å². The summed E-state index contributed by atoms with van der Waals surface area (Å²) in [6.45, 7) is 10.1. The zero-order valence-electron chi connectivity index (χ0n) is 12.8. The first-order valence-electron chi connectivity index (χ1n) is 7.12. The van der Waals surface area contributed by atoms with E-state index in [1.54, 1.807) is 20.8 Å². The Labute approximate surface area is 120 Å². The predicted octanol–water partition coefficient (Wildman–Crippen LogP) is 1.70. The molecule has 1 aliphatic rings. The molecule has 0 aromatic rings. The van der Waals surface area contributed by atoms with E-state index in [1.807, 2.05) is 0 Å². The first-order valence-corrected chi connectivity index (χ1v) is 7.12. The Morgan fingerprint density at radius 1 is 1.45 bits per heavy atom. The van der Waals surface area contributed by atoms with E-state index < -0.39 is 23.7 Å². The molecule has 1 aliphatic heterocycles. The van der Waals surface area contributed by atoms with Gasteiger partial charge in [-0.15, -0.1) is 0 Å². The first-order chi connectivity index (χ1) is 9.17. The molecule has 1 saturated heterocycles. The van der Waals surface area contributed by atoms with Crippen LogP contribution in [0.25, 0.3) is 0 Å². The lowest BCUT2D eigenvalue weighted by molar-refractivity contribution is -0.139. The van der Waals surface area contributed by atoms with Crippen LogP contribution in [-0.2, 0) is 9.53 Å². The monoisotopic (exact) mass is 286 g/mol. The number of carboxylic acid groups (broad SMARTS) is 1. The lowest BCUT2D eigenvalue weighted by Crippen LogP contribution is -2.45. The van der Waals surface area contributed by atoms with Gasteiger partial charge in [0.05, 0.1) is 0 Å². The molecular weight excluding hydrogens is 260 g/mol. The molecule has 6 heteroatoms. The SMILES string of the molecule is CC1CCN(CCC(NC(=O)OC(C)(C)C)C(=O)O)C1. The number of carbonyl (C=O) groups is 2. The summed E-state index contributed by atoms with van der Waals surface area (Å²) in [5.41, 5.74) is -0.627. The Bertz CT molecular complexity index is 352. The summed E-state index contributed by atoms with van der Waals surface area (Å²) in [5.74, 6) is -0.361. The molecule has 1 fully saturated rings. The second-order valence-electron chi connectivity index (χ2n) is 6.52. The van der Waals surface area contributed by atoms with Gasteiger partial charge in [0.2, 0.25) is 0 Å². The second-order valence-corrected chi connectivity index (χ2v) is 6.52. The van der Waals surface area contributed by atoms with Gasteiger partial charge in [0, 0.05) is 13.1 Å². The van der Waals surface area contributed by atoms with Gasteiger partial charge < -0.3 is 20.1 Å². The number of carbonyl (C=O) groups excluding carboxylic acids is 1. The number of aliphatic carboxylic acids is 1. The molecular formula is C14H26N2O4. The second kappa shape index (κ2) is 6.92. The Morgan fingerprint density at radius 3 is 2.55 bits per heavy atom. The van der Waals surface area contributed by atoms with Crippen molar-refractivity contribution >= 4 is 12.1 Å². The highest BCUT2D eigenvalue weighted by atomic mass is 16.6. The van der Waals surface area contributed by atoms with E-state index in [-0.39, 0.29) is 0 Å². The predicted molar refractivity (Wildman–Crippen MR) is 75.6 cm³/mol. The van der Waals surface area contributed by atoms with Crippen LogP contribution in [0.4, 0.5) is 4.79 Å². The van der Waals surface area contributed by atoms with Crippen molar-refractivity contribution in [3.8, 4) is 0 Å². The summed E-state index contributed by atoms with van der Waals surface area (Å²) in [6.07, 6.45) is 0.859. The van der Waals surface area contributed by atoms with Gasteiger partial charge in [-0.25, -0.2) is 9.59 Å². The van der Waals surface area contributed by atoms with Crippen molar-refractivity contribution in [1.29, 1.82) is 0 Å². The smallest absolute Gasteiger partial charge is 0.408 e. The lowest BCUT2D eigenvalue weighted by Gasteiger charge is -2.23. The molecule has 2 atom stereocenters. The minimum absolute atomic E-state index is 0.390. The molecule has 1 amide bonds. The van der Waals surface area contributed by atoms with Crippen molar-refractivity contribution in [1.82, 2.24) is 10.2 Å². The minimum atomic E-state index is -1.02. The molecule has 116 valence electrons. The molecule has 0 aromatic heterocycles. The maximum atomic E-state index is 11.6. The average molecular weight is 286 g/mol. The zero-order valence-corrected chi connectivity index (χ0v) is 12.8. The van der Waals surface area contributed by atoms with Gasteiger partial charge >= 0.3 is 12.1 Å². The van der Waals surface area contributed by atoms with Crippen molar-refractivity contribution in [2.45, 2.75) is 52.2 Å². The van der Waals surface area contributed by atoms with E-state index in [4.69, 9.17) is 9.84 Å². The highest BCUT2D eigenvalue weighted by molar-refractivity contribution is 5.79. The average Bonchev–Trinajstić information content (AvgIpc) is 2.67. The Morgan fingerprint density at radius 2 is 2.10 bits per heavy atom. The fourth-order valence-electron chi connectivity index (χ4n) is 2.25. The summed E-state index contributed by atoms with van der Waals surface area (Å²) in [6, 6.07) is -0.902. The normalized spacial score (nSPS) is 21.5. The van der Waals surface area contributed by atoms with Gasteiger partial charge in [-0.1, -0.05) is 6.92 Å². The van der Waals surface area contributed by atoms with Gasteiger partial charge in [-0.05, 0) is 46.1 Å². The van der Waals surface area contributed by atoms with Crippen molar-refractivity contribution in [2.75, 3.05) is 19.6 Å². The van der Waals surface area contributed by atoms with E-state index in [0.29, 0.717) is 18.9 Å². The fourth-order valence-corrected chi connectivity index (χ4v) is 2.25. The third kappa shape index (κ3) is 6.23. The highest BCUT2D eigenvalue weighted by Crippen LogP contribution is 2.15. The van der Waals surface area contributed by atoms with Crippen LogP contribution in [0.1, 0.15) is 40.5 Å². The molecule has 20 heavy (non-hydrogen) atoms. The van der Waals surface area contributed by atoms with Crippen LogP contribution in [0.3, 0.4) is 0 Å². The number of ether oxygens (including phenoxy) is 1. The summed E-state index contributed by atoms with van der Waals surface area (Å²) in [7, 11) is 0. The van der Waals surface area contributed by atoms with Crippen LogP contribution < -0.4 is 5.32 Å². The van der Waals surface area contributed by atoms with Crippen LogP contribution in [0.5, 0.6) is 0 Å². The van der Waals surface area contributed by atoms with Crippen molar-refractivity contribution in [3.05, 3.63) is 0 Å². The van der Waals surface area contributed by atoms with Gasteiger partial charge in [-0.3, -0.25) is 0 Å². The Hall–Kier alpha value is -1.30. The lowest BCUT2D eigenvalue weighted by atomic mass is 10.2. The number of nitrogens with zero attached hydrogens (tertiary/aromatic N) is 1. The number of nitrogens with one attached hydrogen (secondary N) is 1. The number of rotatable bonds is 5. The Kier molecular flexibility index (Phi) is 5.80. The van der Waals surface area contributed by atoms with E-state index in [2.05, 4.69) is 17.1 Å². The maximum absolute atomic E-state index is 11.6. The quantitative estimate of drug-likeness (QED) is 0.804. The topological polar surface area (TPSA) is 78.9 Å². The van der Waals surface area contributed by atoms with Gasteiger partial charge in [0.25, 0.3) is 0 Å². The molecule has 6 nitrogen and oxygen atoms in total. The number of hydrogen-bond acceptors (Lipinski definition) is 4. The molecule has 0 aromatic carbocycles. The maximum Gasteiger partial charge on any atom is 0.408 e. The molecule has 2 unspecified atom stereocenters. The number of hydrogen-bond donors (Lipinski definition) is 2. The summed E-state index contributed by atoms with van der Waals surface area (Å²) in [5, 5.41) is 11.6. The van der Waals surface area contributed by atoms with Gasteiger partial charge in [0.1, 0.15) is 11.6 Å². The number of amides is 1. The molecule has 0 saturated carbocycles. The van der Waals surface area contributed by atoms with Crippen LogP contribution in [0.2, 0.25) is 0 Å². The Balaban J connectivity index is 2.40. The molecule has 0 aliphatic carbocycles. The van der Waals surface area contributed by atoms with Crippen LogP contribution in [-0.4, -0.2) is 53.3 Å². The largest absolute Gasteiger partial charge is 0.480 e. The van der Waals surface area contributed by atoms with Crippen LogP contribution in [0, 0.1) is 5.92 Å². The van der Waals surface area contributed by atoms with Crippen molar-refractivity contribution in [3.63, 3.8) is 0 Å². The molecule has 0 radical (unpaired) electrons. The van der Waals surface area contributed by atoms with Crippen LogP contribution >= 0.6 is 0 Å². The summed E-state index contributed by atoms with van der Waals surface area (Å²) < 4.78 is 5.08. The molecule has 1 heterocycles.